The standard InChI is InChI=1S/C16H17BrN2O/c1-3-16(20)19-13-8-6-12(7-9-13)18-14-5-4-11(2)15(17)10-14/h4-10,18H,3H2,1-2H3,(H,19,20). The third kappa shape index (κ3) is 3.84. The number of halogens is 1. The number of aryl methyl sites for hydroxylation is 1. The average molecular weight is 333 g/mol. The number of hydrogen-bond donors (Lipinski definition) is 2. The summed E-state index contributed by atoms with van der Waals surface area (Å²) in [5.41, 5.74) is 4.02. The van der Waals surface area contributed by atoms with Crippen molar-refractivity contribution in [2.24, 2.45) is 0 Å². The van der Waals surface area contributed by atoms with Crippen LogP contribution in [0.15, 0.2) is 46.9 Å². The van der Waals surface area contributed by atoms with Crippen LogP contribution < -0.4 is 10.6 Å². The predicted molar refractivity (Wildman–Crippen MR) is 87.5 cm³/mol. The molecule has 0 atom stereocenters. The summed E-state index contributed by atoms with van der Waals surface area (Å²) in [6.45, 7) is 3.89. The van der Waals surface area contributed by atoms with Gasteiger partial charge in [0.2, 0.25) is 5.91 Å². The maximum absolute atomic E-state index is 11.3. The molecule has 0 fully saturated rings. The van der Waals surface area contributed by atoms with Crippen molar-refractivity contribution < 1.29 is 4.79 Å². The van der Waals surface area contributed by atoms with E-state index in [2.05, 4.69) is 39.6 Å². The highest BCUT2D eigenvalue weighted by atomic mass is 79.9. The van der Waals surface area contributed by atoms with Gasteiger partial charge in [0.25, 0.3) is 0 Å². The molecule has 20 heavy (non-hydrogen) atoms. The Bertz CT molecular complexity index is 608. The second-order valence-electron chi connectivity index (χ2n) is 4.57. The number of carbonyl (C=O) groups is 1. The predicted octanol–water partition coefficient (Wildman–Crippen LogP) is 4.85. The fourth-order valence-corrected chi connectivity index (χ4v) is 2.10. The first-order valence-electron chi connectivity index (χ1n) is 6.51. The summed E-state index contributed by atoms with van der Waals surface area (Å²) in [6, 6.07) is 13.8. The maximum Gasteiger partial charge on any atom is 0.224 e. The normalized spacial score (nSPS) is 10.2. The van der Waals surface area contributed by atoms with Crippen LogP contribution >= 0.6 is 15.9 Å². The number of amides is 1. The van der Waals surface area contributed by atoms with Gasteiger partial charge in [0, 0.05) is 28.0 Å². The molecule has 0 aromatic heterocycles. The van der Waals surface area contributed by atoms with Gasteiger partial charge in [0.1, 0.15) is 0 Å². The summed E-state index contributed by atoms with van der Waals surface area (Å²) in [7, 11) is 0. The fraction of sp³-hybridized carbons (Fsp3) is 0.188. The highest BCUT2D eigenvalue weighted by Crippen LogP contribution is 2.24. The van der Waals surface area contributed by atoms with Gasteiger partial charge >= 0.3 is 0 Å². The van der Waals surface area contributed by atoms with Crippen molar-refractivity contribution in [3.63, 3.8) is 0 Å². The van der Waals surface area contributed by atoms with Gasteiger partial charge in [0.05, 0.1) is 0 Å². The lowest BCUT2D eigenvalue weighted by Crippen LogP contribution is -2.09. The van der Waals surface area contributed by atoms with Gasteiger partial charge in [-0.05, 0) is 48.9 Å². The summed E-state index contributed by atoms with van der Waals surface area (Å²) in [6.07, 6.45) is 0.484. The van der Waals surface area contributed by atoms with Crippen LogP contribution in [0.3, 0.4) is 0 Å². The van der Waals surface area contributed by atoms with Crippen molar-refractivity contribution in [1.82, 2.24) is 0 Å². The van der Waals surface area contributed by atoms with Crippen molar-refractivity contribution >= 4 is 38.9 Å². The molecule has 0 unspecified atom stereocenters. The molecule has 4 heteroatoms. The summed E-state index contributed by atoms with van der Waals surface area (Å²) in [5, 5.41) is 6.15. The van der Waals surface area contributed by atoms with Crippen LogP contribution in [0.4, 0.5) is 17.1 Å². The molecule has 2 rings (SSSR count). The Morgan fingerprint density at radius 3 is 2.25 bits per heavy atom. The highest BCUT2D eigenvalue weighted by molar-refractivity contribution is 9.10. The van der Waals surface area contributed by atoms with Gasteiger partial charge in [-0.15, -0.1) is 0 Å². The Kier molecular flexibility index (Phi) is 4.79. The molecular formula is C16H17BrN2O. The molecule has 3 nitrogen and oxygen atoms in total. The van der Waals surface area contributed by atoms with E-state index in [1.807, 2.05) is 43.3 Å². The number of hydrogen-bond acceptors (Lipinski definition) is 2. The van der Waals surface area contributed by atoms with E-state index < -0.39 is 0 Å². The molecule has 1 amide bonds. The Hall–Kier alpha value is -1.81. The van der Waals surface area contributed by atoms with Crippen LogP contribution in [0.2, 0.25) is 0 Å². The molecular weight excluding hydrogens is 316 g/mol. The van der Waals surface area contributed by atoms with Gasteiger partial charge in [-0.1, -0.05) is 28.9 Å². The number of nitrogens with one attached hydrogen (secondary N) is 2. The first kappa shape index (κ1) is 14.6. The van der Waals surface area contributed by atoms with Crippen molar-refractivity contribution in [1.29, 1.82) is 0 Å². The summed E-state index contributed by atoms with van der Waals surface area (Å²) in [4.78, 5) is 11.3. The molecule has 0 spiro atoms. The van der Waals surface area contributed by atoms with Gasteiger partial charge in [0.15, 0.2) is 0 Å². The maximum atomic E-state index is 11.3. The van der Waals surface area contributed by atoms with Crippen LogP contribution in [0.5, 0.6) is 0 Å². The quantitative estimate of drug-likeness (QED) is 0.840. The number of carbonyl (C=O) groups excluding carboxylic acids is 1. The summed E-state index contributed by atoms with van der Waals surface area (Å²) < 4.78 is 1.08. The molecule has 0 saturated carbocycles. The first-order valence-corrected chi connectivity index (χ1v) is 7.31. The zero-order valence-electron chi connectivity index (χ0n) is 11.5. The number of anilines is 3. The van der Waals surface area contributed by atoms with Crippen molar-refractivity contribution in [3.05, 3.63) is 52.5 Å². The average Bonchev–Trinajstić information content (AvgIpc) is 2.45. The molecule has 0 saturated heterocycles. The van der Waals surface area contributed by atoms with E-state index in [0.717, 1.165) is 21.5 Å². The van der Waals surface area contributed by atoms with Gasteiger partial charge in [-0.2, -0.15) is 0 Å². The van der Waals surface area contributed by atoms with E-state index in [1.54, 1.807) is 0 Å². The molecule has 0 aliphatic carbocycles. The van der Waals surface area contributed by atoms with Gasteiger partial charge in [-0.25, -0.2) is 0 Å². The second kappa shape index (κ2) is 6.57. The van der Waals surface area contributed by atoms with Crippen LogP contribution in [-0.2, 0) is 4.79 Å². The van der Waals surface area contributed by atoms with Crippen LogP contribution in [0, 0.1) is 6.92 Å². The molecule has 2 aromatic rings. The molecule has 0 radical (unpaired) electrons. The first-order chi connectivity index (χ1) is 9.58. The zero-order chi connectivity index (χ0) is 14.5. The fourth-order valence-electron chi connectivity index (χ4n) is 1.72. The minimum atomic E-state index is 0.0215. The minimum absolute atomic E-state index is 0.0215. The molecule has 0 heterocycles. The number of rotatable bonds is 4. The van der Waals surface area contributed by atoms with Crippen LogP contribution in [0.1, 0.15) is 18.9 Å². The zero-order valence-corrected chi connectivity index (χ0v) is 13.1. The summed E-state index contributed by atoms with van der Waals surface area (Å²) in [5.74, 6) is 0.0215. The Morgan fingerprint density at radius 1 is 1.05 bits per heavy atom. The second-order valence-corrected chi connectivity index (χ2v) is 5.42. The van der Waals surface area contributed by atoms with Crippen LogP contribution in [-0.4, -0.2) is 5.91 Å². The molecule has 0 bridgehead atoms. The largest absolute Gasteiger partial charge is 0.355 e. The smallest absolute Gasteiger partial charge is 0.224 e. The van der Waals surface area contributed by atoms with Crippen LogP contribution in [0.25, 0.3) is 0 Å². The van der Waals surface area contributed by atoms with Gasteiger partial charge < -0.3 is 10.6 Å². The summed E-state index contributed by atoms with van der Waals surface area (Å²) >= 11 is 3.52. The Labute approximate surface area is 127 Å². The van der Waals surface area contributed by atoms with Crippen molar-refractivity contribution in [2.45, 2.75) is 20.3 Å². The van der Waals surface area contributed by atoms with E-state index in [9.17, 15) is 4.79 Å². The Morgan fingerprint density at radius 2 is 1.65 bits per heavy atom. The molecule has 0 aliphatic heterocycles. The van der Waals surface area contributed by atoms with Gasteiger partial charge in [-0.3, -0.25) is 4.79 Å². The topological polar surface area (TPSA) is 41.1 Å². The van der Waals surface area contributed by atoms with E-state index >= 15 is 0 Å². The van der Waals surface area contributed by atoms with E-state index in [1.165, 1.54) is 5.56 Å². The highest BCUT2D eigenvalue weighted by Gasteiger charge is 2.01. The Balaban J connectivity index is 2.06. The molecule has 2 N–H and O–H groups in total. The third-order valence-corrected chi connectivity index (χ3v) is 3.80. The number of benzene rings is 2. The molecule has 0 aliphatic rings. The minimum Gasteiger partial charge on any atom is -0.355 e. The molecule has 104 valence electrons. The lowest BCUT2D eigenvalue weighted by atomic mass is 10.2. The van der Waals surface area contributed by atoms with E-state index in [0.29, 0.717) is 6.42 Å². The SMILES string of the molecule is CCC(=O)Nc1ccc(Nc2ccc(C)c(Br)c2)cc1. The third-order valence-electron chi connectivity index (χ3n) is 2.95. The monoisotopic (exact) mass is 332 g/mol. The van der Waals surface area contributed by atoms with Crippen molar-refractivity contribution in [3.8, 4) is 0 Å². The lowest BCUT2D eigenvalue weighted by molar-refractivity contribution is -0.115. The lowest BCUT2D eigenvalue weighted by Gasteiger charge is -2.09. The molecule has 2 aromatic carbocycles. The van der Waals surface area contributed by atoms with Crippen molar-refractivity contribution in [2.75, 3.05) is 10.6 Å². The van der Waals surface area contributed by atoms with E-state index in [-0.39, 0.29) is 5.91 Å². The van der Waals surface area contributed by atoms with E-state index in [4.69, 9.17) is 0 Å².